The molecule has 6 heteroatoms. The lowest BCUT2D eigenvalue weighted by Crippen LogP contribution is -2.24. The summed E-state index contributed by atoms with van der Waals surface area (Å²) in [6, 6.07) is 20.4. The number of hydrogen-bond donors (Lipinski definition) is 1. The lowest BCUT2D eigenvalue weighted by molar-refractivity contribution is -0.117. The van der Waals surface area contributed by atoms with E-state index < -0.39 is 0 Å². The van der Waals surface area contributed by atoms with Crippen LogP contribution in [0.25, 0.3) is 0 Å². The first kappa shape index (κ1) is 18.7. The van der Waals surface area contributed by atoms with Crippen molar-refractivity contribution in [2.75, 3.05) is 23.9 Å². The van der Waals surface area contributed by atoms with E-state index in [1.165, 1.54) is 0 Å². The SMILES string of the molecule is COc1ccc(C(=O)Nc2cc(N3C[C@H](c4ccccc4)CC3=O)ccn2)cc1. The Kier molecular flexibility index (Phi) is 5.24. The van der Waals surface area contributed by atoms with Gasteiger partial charge in [0.15, 0.2) is 0 Å². The second-order valence-electron chi connectivity index (χ2n) is 6.90. The van der Waals surface area contributed by atoms with Crippen LogP contribution in [0.1, 0.15) is 28.3 Å². The van der Waals surface area contributed by atoms with E-state index in [2.05, 4.69) is 22.4 Å². The standard InChI is InChI=1S/C23H21N3O3/c1-29-20-9-7-17(8-10-20)23(28)25-21-14-19(11-12-24-21)26-15-18(13-22(26)27)16-5-3-2-4-6-16/h2-12,14,18H,13,15H2,1H3,(H,24,25,28)/t18-/m1/s1. The second-order valence-corrected chi connectivity index (χ2v) is 6.90. The zero-order valence-electron chi connectivity index (χ0n) is 16.0. The number of amides is 2. The summed E-state index contributed by atoms with van der Waals surface area (Å²) in [6.07, 6.45) is 2.07. The Bertz CT molecular complexity index is 1020. The quantitative estimate of drug-likeness (QED) is 0.722. The first-order chi connectivity index (χ1) is 14.1. The van der Waals surface area contributed by atoms with E-state index in [-0.39, 0.29) is 17.7 Å². The van der Waals surface area contributed by atoms with Gasteiger partial charge in [0.05, 0.1) is 7.11 Å². The maximum absolute atomic E-state index is 12.6. The van der Waals surface area contributed by atoms with E-state index >= 15 is 0 Å². The first-order valence-electron chi connectivity index (χ1n) is 9.41. The van der Waals surface area contributed by atoms with Gasteiger partial charge in [-0.2, -0.15) is 0 Å². The van der Waals surface area contributed by atoms with Gasteiger partial charge in [-0.3, -0.25) is 9.59 Å². The van der Waals surface area contributed by atoms with Gasteiger partial charge in [0.1, 0.15) is 11.6 Å². The Hall–Kier alpha value is -3.67. The van der Waals surface area contributed by atoms with Crippen LogP contribution in [0.4, 0.5) is 11.5 Å². The van der Waals surface area contributed by atoms with E-state index in [1.807, 2.05) is 18.2 Å². The Labute approximate surface area is 169 Å². The summed E-state index contributed by atoms with van der Waals surface area (Å²) in [4.78, 5) is 31.0. The van der Waals surface area contributed by atoms with Gasteiger partial charge in [0.2, 0.25) is 5.91 Å². The first-order valence-corrected chi connectivity index (χ1v) is 9.41. The molecule has 1 aromatic heterocycles. The molecule has 2 heterocycles. The predicted molar refractivity (Wildman–Crippen MR) is 111 cm³/mol. The molecule has 1 fully saturated rings. The summed E-state index contributed by atoms with van der Waals surface area (Å²) in [5.41, 5.74) is 2.39. The maximum Gasteiger partial charge on any atom is 0.256 e. The van der Waals surface area contributed by atoms with Gasteiger partial charge in [0.25, 0.3) is 5.91 Å². The van der Waals surface area contributed by atoms with E-state index in [0.29, 0.717) is 30.1 Å². The predicted octanol–water partition coefficient (Wildman–Crippen LogP) is 3.86. The van der Waals surface area contributed by atoms with E-state index in [4.69, 9.17) is 4.74 Å². The van der Waals surface area contributed by atoms with Crippen LogP contribution in [0.5, 0.6) is 5.75 Å². The number of aromatic nitrogens is 1. The molecule has 0 unspecified atom stereocenters. The molecule has 1 atom stereocenters. The number of benzene rings is 2. The molecule has 3 aromatic rings. The molecule has 2 amide bonds. The second kappa shape index (κ2) is 8.14. The molecule has 0 aliphatic carbocycles. The van der Waals surface area contributed by atoms with Gasteiger partial charge in [-0.25, -0.2) is 4.98 Å². The minimum atomic E-state index is -0.271. The van der Waals surface area contributed by atoms with Crippen molar-refractivity contribution in [2.24, 2.45) is 0 Å². The fraction of sp³-hybridized carbons (Fsp3) is 0.174. The third kappa shape index (κ3) is 4.11. The van der Waals surface area contributed by atoms with Crippen LogP contribution in [0.15, 0.2) is 72.9 Å². The minimum Gasteiger partial charge on any atom is -0.497 e. The molecule has 1 saturated heterocycles. The van der Waals surface area contributed by atoms with Crippen molar-refractivity contribution in [2.45, 2.75) is 12.3 Å². The fourth-order valence-electron chi connectivity index (χ4n) is 3.49. The summed E-state index contributed by atoms with van der Waals surface area (Å²) < 4.78 is 5.11. The molecule has 2 aromatic carbocycles. The molecule has 146 valence electrons. The van der Waals surface area contributed by atoms with Crippen molar-refractivity contribution >= 4 is 23.3 Å². The Morgan fingerprint density at radius 3 is 2.59 bits per heavy atom. The molecule has 4 rings (SSSR count). The molecular formula is C23H21N3O3. The van der Waals surface area contributed by atoms with Crippen molar-refractivity contribution in [3.8, 4) is 5.75 Å². The number of carbonyl (C=O) groups excluding carboxylic acids is 2. The van der Waals surface area contributed by atoms with Gasteiger partial charge < -0.3 is 15.0 Å². The molecule has 1 aliphatic rings. The van der Waals surface area contributed by atoms with Gasteiger partial charge in [-0.15, -0.1) is 0 Å². The van der Waals surface area contributed by atoms with Crippen molar-refractivity contribution in [3.63, 3.8) is 0 Å². The molecule has 0 radical (unpaired) electrons. The molecule has 29 heavy (non-hydrogen) atoms. The highest BCUT2D eigenvalue weighted by Crippen LogP contribution is 2.32. The Morgan fingerprint density at radius 2 is 1.86 bits per heavy atom. The third-order valence-corrected chi connectivity index (χ3v) is 5.05. The van der Waals surface area contributed by atoms with Crippen LogP contribution >= 0.6 is 0 Å². The van der Waals surface area contributed by atoms with Gasteiger partial charge in [-0.1, -0.05) is 30.3 Å². The average Bonchev–Trinajstić information content (AvgIpc) is 3.16. The molecule has 6 nitrogen and oxygen atoms in total. The minimum absolute atomic E-state index is 0.0671. The van der Waals surface area contributed by atoms with Gasteiger partial charge >= 0.3 is 0 Å². The van der Waals surface area contributed by atoms with Crippen LogP contribution in [0.3, 0.4) is 0 Å². The van der Waals surface area contributed by atoms with E-state index in [1.54, 1.807) is 54.6 Å². The van der Waals surface area contributed by atoms with Crippen LogP contribution in [-0.4, -0.2) is 30.5 Å². The van der Waals surface area contributed by atoms with Crippen molar-refractivity contribution < 1.29 is 14.3 Å². The van der Waals surface area contributed by atoms with Crippen LogP contribution in [0, 0.1) is 0 Å². The van der Waals surface area contributed by atoms with Crippen molar-refractivity contribution in [1.29, 1.82) is 0 Å². The highest BCUT2D eigenvalue weighted by Gasteiger charge is 2.31. The number of pyridine rings is 1. The normalized spacial score (nSPS) is 16.0. The zero-order chi connectivity index (χ0) is 20.2. The Balaban J connectivity index is 1.48. The molecule has 1 aliphatic heterocycles. The summed E-state index contributed by atoms with van der Waals surface area (Å²) in [5.74, 6) is 1.04. The number of nitrogens with one attached hydrogen (secondary N) is 1. The highest BCUT2D eigenvalue weighted by molar-refractivity contribution is 6.04. The van der Waals surface area contributed by atoms with E-state index in [9.17, 15) is 9.59 Å². The van der Waals surface area contributed by atoms with Crippen molar-refractivity contribution in [3.05, 3.63) is 84.1 Å². The van der Waals surface area contributed by atoms with Crippen molar-refractivity contribution in [1.82, 2.24) is 4.98 Å². The summed E-state index contributed by atoms with van der Waals surface area (Å²) in [7, 11) is 1.58. The maximum atomic E-state index is 12.6. The Morgan fingerprint density at radius 1 is 1.10 bits per heavy atom. The largest absolute Gasteiger partial charge is 0.497 e. The summed E-state index contributed by atoms with van der Waals surface area (Å²) in [6.45, 7) is 0.610. The molecule has 0 bridgehead atoms. The molecule has 1 N–H and O–H groups in total. The number of hydrogen-bond acceptors (Lipinski definition) is 4. The number of methoxy groups -OCH3 is 1. The van der Waals surface area contributed by atoms with Gasteiger partial charge in [0, 0.05) is 42.4 Å². The van der Waals surface area contributed by atoms with Gasteiger partial charge in [-0.05, 0) is 35.9 Å². The fourth-order valence-corrected chi connectivity index (χ4v) is 3.49. The smallest absolute Gasteiger partial charge is 0.256 e. The zero-order valence-corrected chi connectivity index (χ0v) is 16.0. The number of anilines is 2. The summed E-state index contributed by atoms with van der Waals surface area (Å²) in [5, 5.41) is 2.79. The number of rotatable bonds is 5. The number of nitrogens with zero attached hydrogens (tertiary/aromatic N) is 2. The van der Waals surface area contributed by atoms with Crippen LogP contribution in [0.2, 0.25) is 0 Å². The van der Waals surface area contributed by atoms with E-state index in [0.717, 1.165) is 11.3 Å². The molecule has 0 spiro atoms. The average molecular weight is 387 g/mol. The monoisotopic (exact) mass is 387 g/mol. The molecule has 0 saturated carbocycles. The summed E-state index contributed by atoms with van der Waals surface area (Å²) >= 11 is 0. The number of ether oxygens (including phenoxy) is 1. The molecular weight excluding hydrogens is 366 g/mol. The van der Waals surface area contributed by atoms with Crippen LogP contribution in [-0.2, 0) is 4.79 Å². The lowest BCUT2D eigenvalue weighted by Gasteiger charge is -2.17. The third-order valence-electron chi connectivity index (χ3n) is 5.05. The highest BCUT2D eigenvalue weighted by atomic mass is 16.5. The number of carbonyl (C=O) groups is 2. The van der Waals surface area contributed by atoms with Crippen LogP contribution < -0.4 is 15.0 Å². The lowest BCUT2D eigenvalue weighted by atomic mass is 9.99. The topological polar surface area (TPSA) is 71.5 Å².